The Morgan fingerprint density at radius 1 is 1.24 bits per heavy atom. The third-order valence-corrected chi connectivity index (χ3v) is 7.32. The Balaban J connectivity index is 1.71. The van der Waals surface area contributed by atoms with Gasteiger partial charge in [-0.15, -0.1) is 0 Å². The van der Waals surface area contributed by atoms with Gasteiger partial charge in [0.05, 0.1) is 6.20 Å². The first-order chi connectivity index (χ1) is 18.1. The number of amides is 2. The monoisotopic (exact) mass is 516 g/mol. The molecule has 1 aromatic carbocycles. The van der Waals surface area contributed by atoms with E-state index in [0.717, 1.165) is 46.6 Å². The predicted octanol–water partition coefficient (Wildman–Crippen LogP) is 3.24. The molecule has 3 heterocycles. The van der Waals surface area contributed by atoms with Crippen LogP contribution < -0.4 is 15.8 Å². The molecule has 1 unspecified atom stereocenters. The van der Waals surface area contributed by atoms with E-state index in [4.69, 9.17) is 0 Å². The van der Waals surface area contributed by atoms with Crippen LogP contribution in [0.5, 0.6) is 0 Å². The number of likely N-dealkylation sites (tertiary alicyclic amines) is 1. The van der Waals surface area contributed by atoms with Crippen LogP contribution in [0.1, 0.15) is 46.1 Å². The molecule has 1 atom stereocenters. The smallest absolute Gasteiger partial charge is 0.253 e. The number of H-pyrrole nitrogens is 1. The van der Waals surface area contributed by atoms with E-state index in [2.05, 4.69) is 39.9 Å². The third-order valence-electron chi connectivity index (χ3n) is 7.32. The molecule has 0 spiro atoms. The number of aromatic amines is 1. The molecule has 1 aliphatic heterocycles. The number of nitrogens with one attached hydrogen (secondary N) is 2. The van der Waals surface area contributed by atoms with Gasteiger partial charge in [0.1, 0.15) is 0 Å². The summed E-state index contributed by atoms with van der Waals surface area (Å²) in [5.41, 5.74) is 6.08. The first kappa shape index (κ1) is 26.9. The predicted molar refractivity (Wildman–Crippen MR) is 149 cm³/mol. The molecule has 1 aliphatic rings. The largest absolute Gasteiger partial charge is 0.367 e. The van der Waals surface area contributed by atoms with Crippen LogP contribution in [0.3, 0.4) is 0 Å². The lowest BCUT2D eigenvalue weighted by Gasteiger charge is -2.32. The first-order valence-corrected chi connectivity index (χ1v) is 12.9. The van der Waals surface area contributed by atoms with Gasteiger partial charge in [0, 0.05) is 73.5 Å². The Kier molecular flexibility index (Phi) is 7.85. The number of nitrogens with zero attached hydrogens (tertiary/aromatic N) is 4. The number of benzene rings is 1. The normalized spacial score (nSPS) is 15.0. The van der Waals surface area contributed by atoms with Crippen LogP contribution >= 0.6 is 0 Å². The van der Waals surface area contributed by atoms with Crippen LogP contribution in [-0.4, -0.2) is 57.2 Å². The summed E-state index contributed by atoms with van der Waals surface area (Å²) in [5, 5.41) is 7.28. The number of hydrogen-bond donors (Lipinski definition) is 2. The minimum atomic E-state index is -0.250. The number of likely N-dealkylation sites (N-methyl/N-ethyl adjacent to an activating group) is 1. The third kappa shape index (κ3) is 5.41. The molecule has 1 fully saturated rings. The molecular formula is C29H36N6O3. The molecule has 9 heteroatoms. The first-order valence-electron chi connectivity index (χ1n) is 12.9. The van der Waals surface area contributed by atoms with Gasteiger partial charge in [-0.2, -0.15) is 5.10 Å². The van der Waals surface area contributed by atoms with E-state index < -0.39 is 0 Å². The number of hydrogen-bond acceptors (Lipinski definition) is 5. The van der Waals surface area contributed by atoms with Crippen molar-refractivity contribution < 1.29 is 9.59 Å². The van der Waals surface area contributed by atoms with E-state index in [9.17, 15) is 14.4 Å². The van der Waals surface area contributed by atoms with Crippen LogP contribution in [0.15, 0.2) is 48.0 Å². The van der Waals surface area contributed by atoms with Crippen molar-refractivity contribution in [3.63, 3.8) is 0 Å². The van der Waals surface area contributed by atoms with Crippen molar-refractivity contribution >= 4 is 17.5 Å². The summed E-state index contributed by atoms with van der Waals surface area (Å²) in [7, 11) is 1.86. The zero-order chi connectivity index (χ0) is 27.6. The molecule has 0 saturated carbocycles. The highest BCUT2D eigenvalue weighted by atomic mass is 16.2. The average Bonchev–Trinajstić information content (AvgIpc) is 3.54. The van der Waals surface area contributed by atoms with Crippen molar-refractivity contribution in [2.24, 2.45) is 7.05 Å². The minimum Gasteiger partial charge on any atom is -0.367 e. The maximum Gasteiger partial charge on any atom is 0.253 e. The number of aromatic nitrogens is 3. The van der Waals surface area contributed by atoms with Gasteiger partial charge >= 0.3 is 0 Å². The second-order valence-electron chi connectivity index (χ2n) is 9.91. The molecule has 200 valence electrons. The molecular weight excluding hydrogens is 480 g/mol. The van der Waals surface area contributed by atoms with Crippen molar-refractivity contribution in [1.29, 1.82) is 0 Å². The standard InChI is InChI=1S/C29H36N6O3/c1-7-27(36)34-10-9-23(17-34)35(8-2)26-13-21(22-14-31-33(6)16-22)12-24(20(26)5)28(37)30-15-25-18(3)11-19(4)32-29(25)38/h7,11-14,16,23H,1,8-10,15,17H2,2-6H3,(H,30,37)(H,32,38). The molecule has 0 bridgehead atoms. The lowest BCUT2D eigenvalue weighted by Crippen LogP contribution is -2.39. The molecule has 0 radical (unpaired) electrons. The molecule has 38 heavy (non-hydrogen) atoms. The Labute approximate surface area is 223 Å². The zero-order valence-corrected chi connectivity index (χ0v) is 22.8. The minimum absolute atomic E-state index is 0.0640. The van der Waals surface area contributed by atoms with Crippen LogP contribution in [0.25, 0.3) is 11.1 Å². The van der Waals surface area contributed by atoms with Crippen LogP contribution in [0, 0.1) is 20.8 Å². The Morgan fingerprint density at radius 2 is 2.00 bits per heavy atom. The highest BCUT2D eigenvalue weighted by Crippen LogP contribution is 2.33. The number of carbonyl (C=O) groups is 2. The van der Waals surface area contributed by atoms with Gasteiger partial charge < -0.3 is 20.1 Å². The maximum atomic E-state index is 13.6. The van der Waals surface area contributed by atoms with Crippen molar-refractivity contribution in [3.05, 3.63) is 81.5 Å². The molecule has 2 amide bonds. The second kappa shape index (κ2) is 11.1. The highest BCUT2D eigenvalue weighted by Gasteiger charge is 2.31. The van der Waals surface area contributed by atoms with Gasteiger partial charge in [-0.05, 0) is 75.1 Å². The molecule has 0 aliphatic carbocycles. The topological polar surface area (TPSA) is 103 Å². The van der Waals surface area contributed by atoms with E-state index in [0.29, 0.717) is 24.2 Å². The maximum absolute atomic E-state index is 13.6. The van der Waals surface area contributed by atoms with Crippen molar-refractivity contribution in [2.75, 3.05) is 24.5 Å². The number of pyridine rings is 1. The van der Waals surface area contributed by atoms with Crippen molar-refractivity contribution in [3.8, 4) is 11.1 Å². The Hall–Kier alpha value is -4.14. The van der Waals surface area contributed by atoms with E-state index in [1.807, 2.05) is 51.0 Å². The van der Waals surface area contributed by atoms with Crippen LogP contribution in [0.4, 0.5) is 5.69 Å². The fraction of sp³-hybridized carbons (Fsp3) is 0.379. The lowest BCUT2D eigenvalue weighted by molar-refractivity contribution is -0.125. The SMILES string of the molecule is C=CC(=O)N1CCC(N(CC)c2cc(-c3cnn(C)c3)cc(C(=O)NCc3c(C)cc(C)[nH]c3=O)c2C)C1. The molecule has 2 aromatic heterocycles. The van der Waals surface area contributed by atoms with Crippen LogP contribution in [-0.2, 0) is 18.4 Å². The van der Waals surface area contributed by atoms with Gasteiger partial charge in [-0.25, -0.2) is 0 Å². The van der Waals surface area contributed by atoms with Crippen molar-refractivity contribution in [2.45, 2.75) is 46.7 Å². The van der Waals surface area contributed by atoms with E-state index in [1.165, 1.54) is 6.08 Å². The quantitative estimate of drug-likeness (QED) is 0.448. The number of aryl methyl sites for hydroxylation is 3. The Morgan fingerprint density at radius 3 is 2.63 bits per heavy atom. The molecule has 1 saturated heterocycles. The number of anilines is 1. The summed E-state index contributed by atoms with van der Waals surface area (Å²) in [6.07, 6.45) is 5.89. The van der Waals surface area contributed by atoms with Crippen molar-refractivity contribution in [1.82, 2.24) is 25.0 Å². The molecule has 3 aromatic rings. The summed E-state index contributed by atoms with van der Waals surface area (Å²) in [6, 6.07) is 6.00. The van der Waals surface area contributed by atoms with Gasteiger partial charge in [0.15, 0.2) is 0 Å². The lowest BCUT2D eigenvalue weighted by atomic mass is 9.97. The fourth-order valence-electron chi connectivity index (χ4n) is 5.29. The Bertz CT molecular complexity index is 1440. The molecule has 2 N–H and O–H groups in total. The number of carbonyl (C=O) groups excluding carboxylic acids is 2. The molecule has 9 nitrogen and oxygen atoms in total. The summed E-state index contributed by atoms with van der Waals surface area (Å²) in [4.78, 5) is 45.2. The van der Waals surface area contributed by atoms with Crippen LogP contribution in [0.2, 0.25) is 0 Å². The average molecular weight is 517 g/mol. The van der Waals surface area contributed by atoms with E-state index >= 15 is 0 Å². The number of rotatable bonds is 8. The van der Waals surface area contributed by atoms with E-state index in [-0.39, 0.29) is 30.0 Å². The van der Waals surface area contributed by atoms with Gasteiger partial charge in [0.2, 0.25) is 5.91 Å². The summed E-state index contributed by atoms with van der Waals surface area (Å²) < 4.78 is 1.73. The summed E-state index contributed by atoms with van der Waals surface area (Å²) in [6.45, 7) is 13.5. The molecule has 4 rings (SSSR count). The van der Waals surface area contributed by atoms with Gasteiger partial charge in [-0.3, -0.25) is 19.1 Å². The zero-order valence-electron chi connectivity index (χ0n) is 22.8. The van der Waals surface area contributed by atoms with Gasteiger partial charge in [0.25, 0.3) is 11.5 Å². The van der Waals surface area contributed by atoms with Gasteiger partial charge in [-0.1, -0.05) is 6.58 Å². The summed E-state index contributed by atoms with van der Waals surface area (Å²) in [5.74, 6) is -0.314. The highest BCUT2D eigenvalue weighted by molar-refractivity contribution is 5.99. The summed E-state index contributed by atoms with van der Waals surface area (Å²) >= 11 is 0. The van der Waals surface area contributed by atoms with E-state index in [1.54, 1.807) is 10.9 Å². The fourth-order valence-corrected chi connectivity index (χ4v) is 5.29. The second-order valence-corrected chi connectivity index (χ2v) is 9.91.